The van der Waals surface area contributed by atoms with Gasteiger partial charge in [-0.2, -0.15) is 4.31 Å². The lowest BCUT2D eigenvalue weighted by molar-refractivity contribution is -0.136. The van der Waals surface area contributed by atoms with E-state index in [0.717, 1.165) is 23.6 Å². The molecule has 0 radical (unpaired) electrons. The van der Waals surface area contributed by atoms with Crippen LogP contribution in [-0.2, 0) is 34.1 Å². The molecule has 0 aliphatic heterocycles. The van der Waals surface area contributed by atoms with Gasteiger partial charge in [0.25, 0.3) is 0 Å². The second-order valence-electron chi connectivity index (χ2n) is 10.3. The number of carbonyl (C=O) groups is 1. The van der Waals surface area contributed by atoms with Crippen molar-refractivity contribution in [2.45, 2.75) is 62.5 Å². The summed E-state index contributed by atoms with van der Waals surface area (Å²) in [5, 5.41) is 23.0. The fourth-order valence-electron chi connectivity index (χ4n) is 4.94. The van der Waals surface area contributed by atoms with Gasteiger partial charge in [0.2, 0.25) is 10.0 Å². The molecule has 0 amide bonds. The van der Waals surface area contributed by atoms with Crippen molar-refractivity contribution in [3.63, 3.8) is 0 Å². The Morgan fingerprint density at radius 2 is 1.83 bits per heavy atom. The normalized spacial score (nSPS) is 15.2. The molecule has 198 valence electrons. The van der Waals surface area contributed by atoms with Crippen LogP contribution in [0.15, 0.2) is 47.4 Å². The largest absolute Gasteiger partial charge is 0.495 e. The van der Waals surface area contributed by atoms with E-state index in [1.54, 1.807) is 6.07 Å². The molecule has 0 heterocycles. The maximum atomic E-state index is 13.3. The zero-order valence-corrected chi connectivity index (χ0v) is 22.3. The zero-order chi connectivity index (χ0) is 26.5. The highest BCUT2D eigenvalue weighted by molar-refractivity contribution is 7.89. The van der Waals surface area contributed by atoms with Crippen LogP contribution in [0, 0.1) is 5.92 Å². The third-order valence-corrected chi connectivity index (χ3v) is 8.61. The van der Waals surface area contributed by atoms with E-state index in [-0.39, 0.29) is 42.1 Å². The van der Waals surface area contributed by atoms with Crippen LogP contribution in [0.2, 0.25) is 0 Å². The molecule has 1 unspecified atom stereocenters. The van der Waals surface area contributed by atoms with Crippen LogP contribution < -0.4 is 10.1 Å². The van der Waals surface area contributed by atoms with Gasteiger partial charge in [0.05, 0.1) is 13.2 Å². The fourth-order valence-corrected chi connectivity index (χ4v) is 6.35. The summed E-state index contributed by atoms with van der Waals surface area (Å²) < 4.78 is 32.9. The lowest BCUT2D eigenvalue weighted by Gasteiger charge is -2.31. The molecule has 0 fully saturated rings. The third kappa shape index (κ3) is 7.29. The van der Waals surface area contributed by atoms with Crippen LogP contribution in [0.25, 0.3) is 0 Å². The Labute approximate surface area is 214 Å². The number of hydrogen-bond donors (Lipinski definition) is 3. The van der Waals surface area contributed by atoms with Crippen molar-refractivity contribution in [1.82, 2.24) is 9.62 Å². The fraction of sp³-hybridized carbons (Fsp3) is 0.519. The van der Waals surface area contributed by atoms with E-state index in [2.05, 4.69) is 43.4 Å². The number of aryl methyl sites for hydroxylation is 1. The van der Waals surface area contributed by atoms with Gasteiger partial charge in [-0.15, -0.1) is 0 Å². The molecule has 1 atom stereocenters. The Bertz CT molecular complexity index is 1140. The molecule has 0 bridgehead atoms. The highest BCUT2D eigenvalue weighted by Crippen LogP contribution is 2.32. The van der Waals surface area contributed by atoms with Gasteiger partial charge in [0.1, 0.15) is 10.6 Å². The molecule has 3 N–H and O–H groups in total. The number of aliphatic carboxylic acids is 1. The number of methoxy groups -OCH3 is 1. The van der Waals surface area contributed by atoms with Crippen molar-refractivity contribution in [1.29, 1.82) is 0 Å². The van der Waals surface area contributed by atoms with Gasteiger partial charge in [-0.25, -0.2) is 8.42 Å². The van der Waals surface area contributed by atoms with Gasteiger partial charge in [-0.3, -0.25) is 4.79 Å². The third-order valence-electron chi connectivity index (χ3n) is 6.76. The second-order valence-corrected chi connectivity index (χ2v) is 12.3. The number of rotatable bonds is 13. The summed E-state index contributed by atoms with van der Waals surface area (Å²) in [6.45, 7) is 4.37. The number of nitrogens with one attached hydrogen (secondary N) is 1. The van der Waals surface area contributed by atoms with Gasteiger partial charge in [0.15, 0.2) is 0 Å². The van der Waals surface area contributed by atoms with Crippen molar-refractivity contribution in [3.05, 3.63) is 59.2 Å². The molecule has 3 rings (SSSR count). The van der Waals surface area contributed by atoms with E-state index in [1.165, 1.54) is 37.4 Å². The van der Waals surface area contributed by atoms with Crippen molar-refractivity contribution in [2.24, 2.45) is 5.92 Å². The average molecular weight is 519 g/mol. The number of sulfonamides is 1. The van der Waals surface area contributed by atoms with Crippen molar-refractivity contribution in [3.8, 4) is 5.75 Å². The lowest BCUT2D eigenvalue weighted by atomic mass is 9.88. The van der Waals surface area contributed by atoms with E-state index in [9.17, 15) is 18.3 Å². The van der Waals surface area contributed by atoms with Crippen molar-refractivity contribution in [2.75, 3.05) is 27.2 Å². The first-order valence-electron chi connectivity index (χ1n) is 12.3. The summed E-state index contributed by atoms with van der Waals surface area (Å²) in [6, 6.07) is 13.2. The molecule has 9 heteroatoms. The van der Waals surface area contributed by atoms with Gasteiger partial charge < -0.3 is 20.3 Å². The molecule has 1 aliphatic carbocycles. The van der Waals surface area contributed by atoms with Crippen LogP contribution in [0.3, 0.4) is 0 Å². The molecule has 0 spiro atoms. The van der Waals surface area contributed by atoms with E-state index < -0.39 is 22.1 Å². The van der Waals surface area contributed by atoms with Gasteiger partial charge in [-0.05, 0) is 74.3 Å². The number of carboxylic acid groups (broad SMARTS) is 1. The number of aliphatic hydroxyl groups excluding tert-OH is 1. The second kappa shape index (κ2) is 11.7. The highest BCUT2D eigenvalue weighted by atomic mass is 32.2. The molecular weight excluding hydrogens is 480 g/mol. The molecule has 0 aromatic heterocycles. The standard InChI is InChI=1S/C27H38N2O6S/c1-27(2,16-20-13-21-7-5-6-8-22(21)14-20)28-17-23(30)18-29(3)36(33,34)25-15-19(10-12-26(31)32)9-11-24(25)35-4/h5-9,11,15,20,23,28,30H,10,12-14,16-18H2,1-4H3,(H,31,32). The Hall–Kier alpha value is -2.46. The number of β-amino-alcohol motifs (C(OH)–C–C–N with tert-alkyl or cyclic N) is 1. The van der Waals surface area contributed by atoms with Crippen LogP contribution >= 0.6 is 0 Å². The number of benzene rings is 2. The van der Waals surface area contributed by atoms with E-state index in [0.29, 0.717) is 11.5 Å². The average Bonchev–Trinajstić information content (AvgIpc) is 3.22. The topological polar surface area (TPSA) is 116 Å². The first-order chi connectivity index (χ1) is 16.9. The molecule has 0 saturated carbocycles. The van der Waals surface area contributed by atoms with Gasteiger partial charge in [0, 0.05) is 32.1 Å². The summed E-state index contributed by atoms with van der Waals surface area (Å²) in [6.07, 6.45) is 2.25. The molecular formula is C27H38N2O6S. The Balaban J connectivity index is 1.58. The van der Waals surface area contributed by atoms with E-state index in [4.69, 9.17) is 9.84 Å². The maximum absolute atomic E-state index is 13.3. The summed E-state index contributed by atoms with van der Waals surface area (Å²) >= 11 is 0. The molecule has 8 nitrogen and oxygen atoms in total. The number of ether oxygens (including phenoxy) is 1. The minimum absolute atomic E-state index is 0.0447. The van der Waals surface area contributed by atoms with Crippen LogP contribution in [-0.4, -0.2) is 67.8 Å². The van der Waals surface area contributed by atoms with Crippen molar-refractivity contribution < 1.29 is 28.2 Å². The van der Waals surface area contributed by atoms with Crippen molar-refractivity contribution >= 4 is 16.0 Å². The quantitative estimate of drug-likeness (QED) is 0.373. The smallest absolute Gasteiger partial charge is 0.303 e. The van der Waals surface area contributed by atoms with Gasteiger partial charge >= 0.3 is 5.97 Å². The summed E-state index contributed by atoms with van der Waals surface area (Å²) in [7, 11) is -1.16. The lowest BCUT2D eigenvalue weighted by Crippen LogP contribution is -2.47. The number of fused-ring (bicyclic) bond motifs is 1. The maximum Gasteiger partial charge on any atom is 0.303 e. The molecule has 36 heavy (non-hydrogen) atoms. The monoisotopic (exact) mass is 518 g/mol. The number of hydrogen-bond acceptors (Lipinski definition) is 6. The highest BCUT2D eigenvalue weighted by Gasteiger charge is 2.30. The number of nitrogens with zero attached hydrogens (tertiary/aromatic N) is 1. The van der Waals surface area contributed by atoms with Crippen LogP contribution in [0.1, 0.15) is 43.4 Å². The van der Waals surface area contributed by atoms with E-state index in [1.807, 2.05) is 0 Å². The Kier molecular flexibility index (Phi) is 9.16. The van der Waals surface area contributed by atoms with Crippen LogP contribution in [0.5, 0.6) is 5.75 Å². The molecule has 2 aromatic carbocycles. The first-order valence-corrected chi connectivity index (χ1v) is 13.7. The summed E-state index contributed by atoms with van der Waals surface area (Å²) in [5.41, 5.74) is 3.19. The number of carboxylic acids is 1. The molecule has 0 saturated heterocycles. The van der Waals surface area contributed by atoms with Crippen LogP contribution in [0.4, 0.5) is 0 Å². The SMILES string of the molecule is COc1ccc(CCC(=O)O)cc1S(=O)(=O)N(C)CC(O)CNC(C)(C)CC1Cc2ccccc2C1. The molecule has 2 aromatic rings. The predicted molar refractivity (Wildman–Crippen MR) is 139 cm³/mol. The van der Waals surface area contributed by atoms with Gasteiger partial charge in [-0.1, -0.05) is 30.3 Å². The predicted octanol–water partition coefficient (Wildman–Crippen LogP) is 2.87. The Morgan fingerprint density at radius 1 is 1.19 bits per heavy atom. The minimum Gasteiger partial charge on any atom is -0.495 e. The zero-order valence-electron chi connectivity index (χ0n) is 21.5. The summed E-state index contributed by atoms with van der Waals surface area (Å²) in [4.78, 5) is 10.9. The first kappa shape index (κ1) is 28.1. The number of aliphatic hydroxyl groups is 1. The summed E-state index contributed by atoms with van der Waals surface area (Å²) in [5.74, 6) is -0.249. The minimum atomic E-state index is -3.97. The molecule has 1 aliphatic rings. The Morgan fingerprint density at radius 3 is 2.42 bits per heavy atom. The number of likely N-dealkylation sites (N-methyl/N-ethyl adjacent to an activating group) is 1. The van der Waals surface area contributed by atoms with E-state index >= 15 is 0 Å².